The van der Waals surface area contributed by atoms with Crippen molar-refractivity contribution < 1.29 is 28.6 Å². The molecule has 0 bridgehead atoms. The predicted molar refractivity (Wildman–Crippen MR) is 111 cm³/mol. The topological polar surface area (TPSA) is 107 Å². The van der Waals surface area contributed by atoms with Crippen molar-refractivity contribution in [1.82, 2.24) is 10.3 Å². The molecule has 8 heteroatoms. The van der Waals surface area contributed by atoms with Gasteiger partial charge in [0, 0.05) is 24.5 Å². The van der Waals surface area contributed by atoms with Crippen molar-refractivity contribution in [2.24, 2.45) is 0 Å². The number of ether oxygens (including phenoxy) is 3. The Balaban J connectivity index is 2.36. The van der Waals surface area contributed by atoms with Crippen molar-refractivity contribution in [3.05, 3.63) is 47.3 Å². The first-order valence-electron chi connectivity index (χ1n) is 9.95. The summed E-state index contributed by atoms with van der Waals surface area (Å²) in [6.45, 7) is 8.02. The summed E-state index contributed by atoms with van der Waals surface area (Å²) in [5.74, 6) is -2.18. The van der Waals surface area contributed by atoms with Crippen LogP contribution in [-0.2, 0) is 19.0 Å². The van der Waals surface area contributed by atoms with Gasteiger partial charge in [-0.15, -0.1) is 0 Å². The number of aryl methyl sites for hydroxylation is 1. The fraction of sp³-hybridized carbons (Fsp3) is 0.409. The first-order valence-corrected chi connectivity index (χ1v) is 9.95. The number of esters is 1. The van der Waals surface area contributed by atoms with Crippen LogP contribution in [0.15, 0.2) is 30.3 Å². The molecule has 1 aromatic heterocycles. The zero-order valence-electron chi connectivity index (χ0n) is 17.7. The van der Waals surface area contributed by atoms with E-state index in [0.29, 0.717) is 30.0 Å². The highest BCUT2D eigenvalue weighted by Gasteiger charge is 2.30. The number of aromatic nitrogens is 1. The van der Waals surface area contributed by atoms with Gasteiger partial charge in [0.05, 0.1) is 18.7 Å². The highest BCUT2D eigenvalue weighted by Crippen LogP contribution is 2.31. The molecule has 0 saturated heterocycles. The van der Waals surface area contributed by atoms with E-state index in [1.165, 1.54) is 0 Å². The van der Waals surface area contributed by atoms with E-state index in [1.54, 1.807) is 38.1 Å². The first kappa shape index (κ1) is 23.3. The molecule has 0 aliphatic carbocycles. The number of hydrogen-bond donors (Lipinski definition) is 2. The Labute approximate surface area is 175 Å². The average molecular weight is 416 g/mol. The number of rotatable bonds is 11. The molecular weight excluding hydrogens is 388 g/mol. The van der Waals surface area contributed by atoms with Crippen LogP contribution in [0.4, 0.5) is 0 Å². The summed E-state index contributed by atoms with van der Waals surface area (Å²) in [7, 11) is 0. The molecule has 30 heavy (non-hydrogen) atoms. The molecule has 0 radical (unpaired) electrons. The molecule has 0 unspecified atom stereocenters. The van der Waals surface area contributed by atoms with Crippen LogP contribution in [0.1, 0.15) is 47.3 Å². The maximum absolute atomic E-state index is 12.9. The molecule has 0 fully saturated rings. The number of benzene rings is 1. The lowest BCUT2D eigenvalue weighted by atomic mass is 9.98. The first-order chi connectivity index (χ1) is 14.4. The average Bonchev–Trinajstić information content (AvgIpc) is 3.09. The molecule has 2 rings (SSSR count). The Hall–Kier alpha value is -2.97. The van der Waals surface area contributed by atoms with E-state index in [1.807, 2.05) is 19.9 Å². The SMILES string of the molecule is CCOC(=O)c1c(C)[nH]c(C(=O)C(=O)NCC(OCC)OCC)c1-c1ccccc1. The highest BCUT2D eigenvalue weighted by molar-refractivity contribution is 6.43. The minimum Gasteiger partial charge on any atom is -0.462 e. The Kier molecular flexibility index (Phi) is 8.76. The molecule has 0 saturated carbocycles. The number of carbonyl (C=O) groups excluding carboxylic acids is 3. The summed E-state index contributed by atoms with van der Waals surface area (Å²) in [6.07, 6.45) is -0.647. The third-order valence-electron chi connectivity index (χ3n) is 4.30. The number of aromatic amines is 1. The molecule has 162 valence electrons. The lowest BCUT2D eigenvalue weighted by Gasteiger charge is -2.17. The van der Waals surface area contributed by atoms with Gasteiger partial charge in [-0.05, 0) is 33.3 Å². The van der Waals surface area contributed by atoms with Gasteiger partial charge in [-0.2, -0.15) is 0 Å². The van der Waals surface area contributed by atoms with Crippen molar-refractivity contribution in [3.63, 3.8) is 0 Å². The van der Waals surface area contributed by atoms with Crippen molar-refractivity contribution >= 4 is 17.7 Å². The second-order valence-corrected chi connectivity index (χ2v) is 6.34. The van der Waals surface area contributed by atoms with Gasteiger partial charge in [-0.3, -0.25) is 9.59 Å². The largest absolute Gasteiger partial charge is 0.462 e. The van der Waals surface area contributed by atoms with Crippen LogP contribution in [0.3, 0.4) is 0 Å². The Morgan fingerprint density at radius 2 is 1.63 bits per heavy atom. The normalized spacial score (nSPS) is 10.8. The van der Waals surface area contributed by atoms with Crippen molar-refractivity contribution in [3.8, 4) is 11.1 Å². The standard InChI is InChI=1S/C22H28N2O6/c1-5-28-16(29-6-2)13-23-21(26)20(25)19-18(15-11-9-8-10-12-15)17(14(4)24-19)22(27)30-7-3/h8-12,16,24H,5-7,13H2,1-4H3,(H,23,26). The van der Waals surface area contributed by atoms with Gasteiger partial charge < -0.3 is 24.5 Å². The number of carbonyl (C=O) groups is 3. The van der Waals surface area contributed by atoms with Crippen LogP contribution in [-0.4, -0.2) is 55.3 Å². The van der Waals surface area contributed by atoms with E-state index in [4.69, 9.17) is 14.2 Å². The fourth-order valence-electron chi connectivity index (χ4n) is 3.05. The van der Waals surface area contributed by atoms with Crippen LogP contribution in [0.2, 0.25) is 0 Å². The second kappa shape index (κ2) is 11.3. The third kappa shape index (κ3) is 5.55. The molecule has 0 atom stereocenters. The molecule has 2 N–H and O–H groups in total. The van der Waals surface area contributed by atoms with Crippen LogP contribution in [0.5, 0.6) is 0 Å². The van der Waals surface area contributed by atoms with Gasteiger partial charge >= 0.3 is 5.97 Å². The molecule has 1 aromatic carbocycles. The van der Waals surface area contributed by atoms with E-state index in [9.17, 15) is 14.4 Å². The lowest BCUT2D eigenvalue weighted by molar-refractivity contribution is -0.138. The quantitative estimate of drug-likeness (QED) is 0.252. The minimum atomic E-state index is -0.826. The lowest BCUT2D eigenvalue weighted by Crippen LogP contribution is -2.39. The number of hydrogen-bond acceptors (Lipinski definition) is 6. The van der Waals surface area contributed by atoms with Crippen molar-refractivity contribution in [2.45, 2.75) is 34.0 Å². The Bertz CT molecular complexity index is 869. The van der Waals surface area contributed by atoms with Crippen LogP contribution < -0.4 is 5.32 Å². The molecule has 1 amide bonds. The van der Waals surface area contributed by atoms with Crippen LogP contribution in [0.25, 0.3) is 11.1 Å². The van der Waals surface area contributed by atoms with Crippen LogP contribution >= 0.6 is 0 Å². The van der Waals surface area contributed by atoms with Gasteiger partial charge in [0.25, 0.3) is 11.7 Å². The van der Waals surface area contributed by atoms with Gasteiger partial charge in [-0.1, -0.05) is 30.3 Å². The number of H-pyrrole nitrogens is 1. The smallest absolute Gasteiger partial charge is 0.340 e. The maximum Gasteiger partial charge on any atom is 0.340 e. The van der Waals surface area contributed by atoms with Crippen molar-refractivity contribution in [2.75, 3.05) is 26.4 Å². The van der Waals surface area contributed by atoms with Gasteiger partial charge in [-0.25, -0.2) is 4.79 Å². The predicted octanol–water partition coefficient (Wildman–Crippen LogP) is 2.86. The van der Waals surface area contributed by atoms with Gasteiger partial charge in [0.1, 0.15) is 5.69 Å². The summed E-state index contributed by atoms with van der Waals surface area (Å²) < 4.78 is 15.9. The maximum atomic E-state index is 12.9. The minimum absolute atomic E-state index is 0.0251. The van der Waals surface area contributed by atoms with E-state index in [-0.39, 0.29) is 24.4 Å². The van der Waals surface area contributed by atoms with Crippen molar-refractivity contribution in [1.29, 1.82) is 0 Å². The van der Waals surface area contributed by atoms with E-state index in [0.717, 1.165) is 0 Å². The Morgan fingerprint density at radius 1 is 1.00 bits per heavy atom. The monoisotopic (exact) mass is 416 g/mol. The number of amides is 1. The zero-order valence-corrected chi connectivity index (χ0v) is 17.7. The van der Waals surface area contributed by atoms with Gasteiger partial charge in [0.2, 0.25) is 0 Å². The summed E-state index contributed by atoms with van der Waals surface area (Å²) in [5.41, 5.74) is 1.69. The summed E-state index contributed by atoms with van der Waals surface area (Å²) >= 11 is 0. The van der Waals surface area contributed by atoms with Gasteiger partial charge in [0.15, 0.2) is 6.29 Å². The zero-order chi connectivity index (χ0) is 22.1. The van der Waals surface area contributed by atoms with E-state index >= 15 is 0 Å². The Morgan fingerprint density at radius 3 is 2.20 bits per heavy atom. The highest BCUT2D eigenvalue weighted by atomic mass is 16.7. The number of ketones is 1. The number of nitrogens with one attached hydrogen (secondary N) is 2. The molecular formula is C22H28N2O6. The van der Waals surface area contributed by atoms with Crippen LogP contribution in [0, 0.1) is 6.92 Å². The third-order valence-corrected chi connectivity index (χ3v) is 4.30. The van der Waals surface area contributed by atoms with E-state index < -0.39 is 23.9 Å². The molecule has 8 nitrogen and oxygen atoms in total. The molecule has 2 aromatic rings. The fourth-order valence-corrected chi connectivity index (χ4v) is 3.05. The number of Topliss-reactive ketones (excluding diaryl/α,β-unsaturated/α-hetero) is 1. The van der Waals surface area contributed by atoms with E-state index in [2.05, 4.69) is 10.3 Å². The second-order valence-electron chi connectivity index (χ2n) is 6.34. The summed E-state index contributed by atoms with van der Waals surface area (Å²) in [4.78, 5) is 40.9. The molecule has 0 spiro atoms. The summed E-state index contributed by atoms with van der Waals surface area (Å²) in [6, 6.07) is 8.93. The molecule has 0 aliphatic heterocycles. The molecule has 0 aliphatic rings. The summed E-state index contributed by atoms with van der Waals surface area (Å²) in [5, 5.41) is 2.54. The molecule has 1 heterocycles.